The molecule has 2 heterocycles. The third kappa shape index (κ3) is 4.35. The van der Waals surface area contributed by atoms with Crippen LogP contribution in [-0.2, 0) is 5.41 Å². The van der Waals surface area contributed by atoms with Crippen LogP contribution in [0.25, 0.3) is 83.6 Å². The second-order valence-electron chi connectivity index (χ2n) is 13.7. The second-order valence-corrected chi connectivity index (χ2v) is 13.7. The maximum atomic E-state index is 5.15. The molecule has 0 atom stereocenters. The predicted molar refractivity (Wildman–Crippen MR) is 206 cm³/mol. The maximum Gasteiger partial charge on any atom is 0.238 e. The van der Waals surface area contributed by atoms with Crippen molar-refractivity contribution in [3.63, 3.8) is 0 Å². The van der Waals surface area contributed by atoms with Gasteiger partial charge in [-0.1, -0.05) is 135 Å². The third-order valence-electron chi connectivity index (χ3n) is 10.4. The number of benzene rings is 7. The molecule has 0 aliphatic heterocycles. The van der Waals surface area contributed by atoms with Gasteiger partial charge in [-0.05, 0) is 80.6 Å². The summed E-state index contributed by atoms with van der Waals surface area (Å²) in [4.78, 5) is 15.3. The Bertz CT molecular complexity index is 2710. The number of para-hydroxylation sites is 1. The Morgan fingerprint density at radius 2 is 1.00 bits per heavy atom. The standard InChI is InChI=1S/C46H32N4/c1-46(2)39-26-33-23-22-32(29-14-6-3-7-15-29)24-34(33)25-36(39)37-27-38-35-20-12-13-21-41(35)50(42(38)28-40(37)46)45-48-43(30-16-8-4-9-17-30)47-44(49-45)31-18-10-5-11-19-31/h3-28H,1-2H3. The molecule has 4 heteroatoms. The van der Waals surface area contributed by atoms with Gasteiger partial charge in [0, 0.05) is 27.3 Å². The normalized spacial score (nSPS) is 13.2. The van der Waals surface area contributed by atoms with Crippen molar-refractivity contribution >= 4 is 32.6 Å². The van der Waals surface area contributed by atoms with Crippen molar-refractivity contribution in [2.24, 2.45) is 0 Å². The van der Waals surface area contributed by atoms with Crippen LogP contribution in [0.15, 0.2) is 158 Å². The van der Waals surface area contributed by atoms with Crippen LogP contribution in [0.1, 0.15) is 25.0 Å². The lowest BCUT2D eigenvalue weighted by molar-refractivity contribution is 0.661. The molecule has 9 aromatic rings. The number of fused-ring (bicyclic) bond motifs is 7. The molecule has 50 heavy (non-hydrogen) atoms. The number of nitrogens with zero attached hydrogens (tertiary/aromatic N) is 4. The Labute approximate surface area is 290 Å². The van der Waals surface area contributed by atoms with Crippen LogP contribution in [0.4, 0.5) is 0 Å². The molecule has 10 rings (SSSR count). The average Bonchev–Trinajstić information content (AvgIpc) is 3.61. The summed E-state index contributed by atoms with van der Waals surface area (Å²) in [5, 5.41) is 4.87. The molecule has 1 aliphatic carbocycles. The van der Waals surface area contributed by atoms with E-state index < -0.39 is 0 Å². The van der Waals surface area contributed by atoms with Gasteiger partial charge in [-0.3, -0.25) is 4.57 Å². The molecule has 7 aromatic carbocycles. The molecular weight excluding hydrogens is 609 g/mol. The van der Waals surface area contributed by atoms with Crippen LogP contribution < -0.4 is 0 Å². The van der Waals surface area contributed by atoms with E-state index >= 15 is 0 Å². The van der Waals surface area contributed by atoms with Gasteiger partial charge >= 0.3 is 0 Å². The summed E-state index contributed by atoms with van der Waals surface area (Å²) in [7, 11) is 0. The van der Waals surface area contributed by atoms with Crippen molar-refractivity contribution in [1.82, 2.24) is 19.5 Å². The molecule has 0 fully saturated rings. The molecule has 0 radical (unpaired) electrons. The van der Waals surface area contributed by atoms with Crippen molar-refractivity contribution < 1.29 is 0 Å². The molecular formula is C46H32N4. The Morgan fingerprint density at radius 3 is 1.68 bits per heavy atom. The Balaban J connectivity index is 1.22. The van der Waals surface area contributed by atoms with Crippen LogP contribution in [0.3, 0.4) is 0 Å². The van der Waals surface area contributed by atoms with Gasteiger partial charge in [-0.15, -0.1) is 0 Å². The van der Waals surface area contributed by atoms with Crippen LogP contribution in [-0.4, -0.2) is 19.5 Å². The first-order valence-electron chi connectivity index (χ1n) is 17.1. The van der Waals surface area contributed by atoms with Gasteiger partial charge in [0.1, 0.15) is 0 Å². The van der Waals surface area contributed by atoms with E-state index in [0.717, 1.165) is 22.2 Å². The van der Waals surface area contributed by atoms with Gasteiger partial charge in [0.15, 0.2) is 11.6 Å². The van der Waals surface area contributed by atoms with Gasteiger partial charge < -0.3 is 0 Å². The van der Waals surface area contributed by atoms with E-state index in [4.69, 9.17) is 15.0 Å². The molecule has 0 amide bonds. The first-order chi connectivity index (χ1) is 24.5. The highest BCUT2D eigenvalue weighted by molar-refractivity contribution is 6.12. The summed E-state index contributed by atoms with van der Waals surface area (Å²) in [6.45, 7) is 4.70. The lowest BCUT2D eigenvalue weighted by Crippen LogP contribution is -2.15. The highest BCUT2D eigenvalue weighted by Crippen LogP contribution is 2.52. The SMILES string of the molecule is CC1(C)c2cc3ccc(-c4ccccc4)cc3cc2-c2cc3c4ccccc4n(-c4nc(-c5ccccc5)nc(-c5ccccc5)n4)c3cc21. The monoisotopic (exact) mass is 640 g/mol. The van der Waals surface area contributed by atoms with Gasteiger partial charge in [0.05, 0.1) is 11.0 Å². The number of rotatable bonds is 4. The Morgan fingerprint density at radius 1 is 0.420 bits per heavy atom. The zero-order valence-electron chi connectivity index (χ0n) is 27.8. The van der Waals surface area contributed by atoms with Crippen molar-refractivity contribution in [2.45, 2.75) is 19.3 Å². The van der Waals surface area contributed by atoms with Gasteiger partial charge in [0.2, 0.25) is 5.95 Å². The van der Waals surface area contributed by atoms with Crippen molar-refractivity contribution in [3.8, 4) is 51.0 Å². The van der Waals surface area contributed by atoms with Crippen LogP contribution in [0, 0.1) is 0 Å². The van der Waals surface area contributed by atoms with Crippen molar-refractivity contribution in [2.75, 3.05) is 0 Å². The third-order valence-corrected chi connectivity index (χ3v) is 10.4. The smallest absolute Gasteiger partial charge is 0.238 e. The van der Waals surface area contributed by atoms with E-state index in [-0.39, 0.29) is 5.41 Å². The molecule has 0 bridgehead atoms. The molecule has 0 saturated carbocycles. The Hall–Kier alpha value is -6.39. The fraction of sp³-hybridized carbons (Fsp3) is 0.0652. The lowest BCUT2D eigenvalue weighted by Gasteiger charge is -2.22. The molecule has 2 aromatic heterocycles. The zero-order valence-corrected chi connectivity index (χ0v) is 27.8. The summed E-state index contributed by atoms with van der Waals surface area (Å²) in [5.74, 6) is 1.91. The van der Waals surface area contributed by atoms with Crippen LogP contribution >= 0.6 is 0 Å². The topological polar surface area (TPSA) is 43.6 Å². The molecule has 0 spiro atoms. The van der Waals surface area contributed by atoms with Gasteiger partial charge in [0.25, 0.3) is 0 Å². The first kappa shape index (κ1) is 28.6. The highest BCUT2D eigenvalue weighted by Gasteiger charge is 2.37. The van der Waals surface area contributed by atoms with Gasteiger partial charge in [-0.25, -0.2) is 4.98 Å². The lowest BCUT2D eigenvalue weighted by atomic mass is 9.81. The van der Waals surface area contributed by atoms with E-state index in [1.54, 1.807) is 0 Å². The molecule has 0 N–H and O–H groups in total. The molecule has 236 valence electrons. The van der Waals surface area contributed by atoms with E-state index in [1.807, 2.05) is 36.4 Å². The van der Waals surface area contributed by atoms with E-state index in [9.17, 15) is 0 Å². The van der Waals surface area contributed by atoms with E-state index in [2.05, 4.69) is 140 Å². The molecule has 4 nitrogen and oxygen atoms in total. The van der Waals surface area contributed by atoms with E-state index in [0.29, 0.717) is 17.6 Å². The fourth-order valence-corrected chi connectivity index (χ4v) is 7.86. The summed E-state index contributed by atoms with van der Waals surface area (Å²) in [6, 6.07) is 56.0. The minimum Gasteiger partial charge on any atom is -0.278 e. The molecule has 0 saturated heterocycles. The van der Waals surface area contributed by atoms with Gasteiger partial charge in [-0.2, -0.15) is 9.97 Å². The summed E-state index contributed by atoms with van der Waals surface area (Å²) in [6.07, 6.45) is 0. The summed E-state index contributed by atoms with van der Waals surface area (Å²) >= 11 is 0. The predicted octanol–water partition coefficient (Wildman–Crippen LogP) is 11.4. The number of hydrogen-bond acceptors (Lipinski definition) is 3. The molecule has 1 aliphatic rings. The van der Waals surface area contributed by atoms with Crippen molar-refractivity contribution in [3.05, 3.63) is 169 Å². The van der Waals surface area contributed by atoms with E-state index in [1.165, 1.54) is 54.9 Å². The minimum atomic E-state index is -0.198. The maximum absolute atomic E-state index is 5.15. The summed E-state index contributed by atoms with van der Waals surface area (Å²) < 4.78 is 2.23. The zero-order chi connectivity index (χ0) is 33.4. The fourth-order valence-electron chi connectivity index (χ4n) is 7.86. The first-order valence-corrected chi connectivity index (χ1v) is 17.1. The van der Waals surface area contributed by atoms with Crippen molar-refractivity contribution in [1.29, 1.82) is 0 Å². The number of aromatic nitrogens is 4. The summed E-state index contributed by atoms with van der Waals surface area (Å²) in [5.41, 5.74) is 11.6. The van der Waals surface area contributed by atoms with Crippen LogP contribution in [0.2, 0.25) is 0 Å². The second kappa shape index (κ2) is 10.8. The average molecular weight is 641 g/mol. The molecule has 0 unspecified atom stereocenters. The minimum absolute atomic E-state index is 0.198. The quantitative estimate of drug-likeness (QED) is 0.192. The largest absolute Gasteiger partial charge is 0.278 e. The number of hydrogen-bond donors (Lipinski definition) is 0. The highest BCUT2D eigenvalue weighted by atomic mass is 15.2. The Kier molecular flexibility index (Phi) is 6.19. The van der Waals surface area contributed by atoms with Crippen LogP contribution in [0.5, 0.6) is 0 Å².